The van der Waals surface area contributed by atoms with Gasteiger partial charge in [-0.3, -0.25) is 9.59 Å². The lowest BCUT2D eigenvalue weighted by atomic mass is 9.77. The van der Waals surface area contributed by atoms with E-state index in [9.17, 15) is 14.7 Å². The molecule has 0 radical (unpaired) electrons. The lowest BCUT2D eigenvalue weighted by Crippen LogP contribution is -2.39. The summed E-state index contributed by atoms with van der Waals surface area (Å²) in [4.78, 5) is 25.8. The van der Waals surface area contributed by atoms with Crippen molar-refractivity contribution in [2.45, 2.75) is 18.6 Å². The number of hydrogen-bond donors (Lipinski definition) is 1. The number of ether oxygens (including phenoxy) is 1. The molecule has 0 saturated carbocycles. The number of carbonyl (C=O) groups excluding carboxylic acids is 1. The van der Waals surface area contributed by atoms with E-state index in [-0.39, 0.29) is 5.91 Å². The van der Waals surface area contributed by atoms with Crippen LogP contribution < -0.4 is 4.90 Å². The van der Waals surface area contributed by atoms with Gasteiger partial charge in [0.05, 0.1) is 18.6 Å². The quantitative estimate of drug-likeness (QED) is 0.833. The highest BCUT2D eigenvalue weighted by molar-refractivity contribution is 6.02. The van der Waals surface area contributed by atoms with E-state index in [0.717, 1.165) is 11.3 Å². The molecule has 1 spiro atoms. The summed E-state index contributed by atoms with van der Waals surface area (Å²) in [5.74, 6) is -2.52. The van der Waals surface area contributed by atoms with E-state index >= 15 is 0 Å². The second kappa shape index (κ2) is 3.95. The van der Waals surface area contributed by atoms with Gasteiger partial charge in [-0.15, -0.1) is 0 Å². The first-order valence-electron chi connectivity index (χ1n) is 7.00. The monoisotopic (exact) mass is 285 g/mol. The fourth-order valence-electron chi connectivity index (χ4n) is 3.72. The van der Waals surface area contributed by atoms with Crippen molar-refractivity contribution >= 4 is 17.6 Å². The van der Waals surface area contributed by atoms with Crippen molar-refractivity contribution in [3.8, 4) is 0 Å². The van der Waals surface area contributed by atoms with E-state index in [1.807, 2.05) is 37.3 Å². The van der Waals surface area contributed by atoms with Crippen LogP contribution in [0, 0.1) is 18.8 Å². The summed E-state index contributed by atoms with van der Waals surface area (Å²) in [7, 11) is 0. The van der Waals surface area contributed by atoms with Gasteiger partial charge in [0, 0.05) is 5.69 Å². The number of carboxylic acids is 1. The summed E-state index contributed by atoms with van der Waals surface area (Å²) >= 11 is 0. The number of anilines is 1. The molecule has 2 fully saturated rings. The standard InChI is InChI=1S/C16H15NO4/c1-9-2-4-10(5-3-9)17-8-16-7-6-11(21-16)12(15(19)20)13(16)14(17)18/h2-7,11-13H,8H2,1H3,(H,19,20). The number of benzene rings is 1. The third-order valence-electron chi connectivity index (χ3n) is 4.73. The third kappa shape index (κ3) is 1.55. The first kappa shape index (κ1) is 12.6. The van der Waals surface area contributed by atoms with Crippen LogP contribution in [0.4, 0.5) is 5.69 Å². The number of rotatable bonds is 2. The van der Waals surface area contributed by atoms with Gasteiger partial charge in [0.25, 0.3) is 0 Å². The molecule has 1 aromatic carbocycles. The average Bonchev–Trinajstić information content (AvgIpc) is 3.08. The van der Waals surface area contributed by atoms with Crippen molar-refractivity contribution in [2.24, 2.45) is 11.8 Å². The van der Waals surface area contributed by atoms with Crippen LogP contribution in [0.1, 0.15) is 5.56 Å². The van der Waals surface area contributed by atoms with Crippen LogP contribution in [0.5, 0.6) is 0 Å². The minimum atomic E-state index is -0.963. The molecule has 1 aromatic rings. The largest absolute Gasteiger partial charge is 0.481 e. The fraction of sp³-hybridized carbons (Fsp3) is 0.375. The van der Waals surface area contributed by atoms with Crippen molar-refractivity contribution in [3.05, 3.63) is 42.0 Å². The number of hydrogen-bond acceptors (Lipinski definition) is 3. The minimum absolute atomic E-state index is 0.155. The number of nitrogens with zero attached hydrogens (tertiary/aromatic N) is 1. The van der Waals surface area contributed by atoms with Crippen LogP contribution >= 0.6 is 0 Å². The van der Waals surface area contributed by atoms with Crippen LogP contribution in [-0.4, -0.2) is 35.2 Å². The van der Waals surface area contributed by atoms with Crippen LogP contribution in [0.3, 0.4) is 0 Å². The molecule has 5 heteroatoms. The second-order valence-electron chi connectivity index (χ2n) is 6.00. The first-order chi connectivity index (χ1) is 10.0. The normalized spacial score (nSPS) is 36.3. The van der Waals surface area contributed by atoms with E-state index in [2.05, 4.69) is 0 Å². The summed E-state index contributed by atoms with van der Waals surface area (Å²) < 4.78 is 5.85. The summed E-state index contributed by atoms with van der Waals surface area (Å²) in [5, 5.41) is 9.41. The molecular weight excluding hydrogens is 270 g/mol. The topological polar surface area (TPSA) is 66.8 Å². The number of carboxylic acid groups (broad SMARTS) is 1. The molecule has 2 saturated heterocycles. The zero-order chi connectivity index (χ0) is 14.8. The Morgan fingerprint density at radius 3 is 2.76 bits per heavy atom. The Bertz CT molecular complexity index is 665. The zero-order valence-electron chi connectivity index (χ0n) is 11.5. The van der Waals surface area contributed by atoms with Crippen LogP contribution in [0.2, 0.25) is 0 Å². The smallest absolute Gasteiger partial charge is 0.310 e. The predicted molar refractivity (Wildman–Crippen MR) is 74.9 cm³/mol. The Hall–Kier alpha value is -2.14. The van der Waals surface area contributed by atoms with Gasteiger partial charge in [0.15, 0.2) is 0 Å². The van der Waals surface area contributed by atoms with Crippen molar-refractivity contribution in [1.29, 1.82) is 0 Å². The maximum atomic E-state index is 12.7. The Morgan fingerprint density at radius 2 is 2.10 bits per heavy atom. The predicted octanol–water partition coefficient (Wildman–Crippen LogP) is 1.37. The van der Waals surface area contributed by atoms with Gasteiger partial charge in [0.2, 0.25) is 5.91 Å². The number of aryl methyl sites for hydroxylation is 1. The fourth-order valence-corrected chi connectivity index (χ4v) is 3.72. The van der Waals surface area contributed by atoms with Crippen molar-refractivity contribution < 1.29 is 19.4 Å². The average molecular weight is 285 g/mol. The molecule has 4 atom stereocenters. The molecule has 2 bridgehead atoms. The van der Waals surface area contributed by atoms with E-state index in [0.29, 0.717) is 6.54 Å². The molecule has 1 N–H and O–H groups in total. The van der Waals surface area contributed by atoms with E-state index in [1.165, 1.54) is 0 Å². The van der Waals surface area contributed by atoms with Crippen molar-refractivity contribution in [1.82, 2.24) is 0 Å². The molecule has 21 heavy (non-hydrogen) atoms. The summed E-state index contributed by atoms with van der Waals surface area (Å²) in [6, 6.07) is 7.65. The van der Waals surface area contributed by atoms with Crippen LogP contribution in [-0.2, 0) is 14.3 Å². The lowest BCUT2D eigenvalue weighted by Gasteiger charge is -2.21. The van der Waals surface area contributed by atoms with Gasteiger partial charge in [-0.25, -0.2) is 0 Å². The maximum absolute atomic E-state index is 12.7. The Kier molecular flexibility index (Phi) is 2.37. The molecule has 0 aromatic heterocycles. The van der Waals surface area contributed by atoms with Crippen LogP contribution in [0.25, 0.3) is 0 Å². The van der Waals surface area contributed by atoms with Gasteiger partial charge in [-0.05, 0) is 19.1 Å². The summed E-state index contributed by atoms with van der Waals surface area (Å²) in [6.45, 7) is 2.37. The highest BCUT2D eigenvalue weighted by Gasteiger charge is 2.67. The first-order valence-corrected chi connectivity index (χ1v) is 7.00. The lowest BCUT2D eigenvalue weighted by molar-refractivity contribution is -0.146. The number of fused-ring (bicyclic) bond motifs is 1. The molecule has 0 aliphatic carbocycles. The molecule has 4 unspecified atom stereocenters. The highest BCUT2D eigenvalue weighted by atomic mass is 16.5. The molecule has 4 rings (SSSR count). The zero-order valence-corrected chi connectivity index (χ0v) is 11.5. The molecule has 1 amide bonds. The minimum Gasteiger partial charge on any atom is -0.481 e. The summed E-state index contributed by atoms with van der Waals surface area (Å²) in [6.07, 6.45) is 3.17. The van der Waals surface area contributed by atoms with Crippen molar-refractivity contribution in [2.75, 3.05) is 11.4 Å². The van der Waals surface area contributed by atoms with E-state index < -0.39 is 29.5 Å². The number of aliphatic carboxylic acids is 1. The molecule has 5 nitrogen and oxygen atoms in total. The molecule has 3 aliphatic heterocycles. The maximum Gasteiger partial charge on any atom is 0.310 e. The molecule has 3 heterocycles. The molecule has 108 valence electrons. The van der Waals surface area contributed by atoms with Gasteiger partial charge < -0.3 is 14.7 Å². The molecular formula is C16H15NO4. The van der Waals surface area contributed by atoms with Gasteiger partial charge in [0.1, 0.15) is 11.5 Å². The Morgan fingerprint density at radius 1 is 1.38 bits per heavy atom. The number of carbonyl (C=O) groups is 2. The number of amides is 1. The van der Waals surface area contributed by atoms with Crippen molar-refractivity contribution in [3.63, 3.8) is 0 Å². The SMILES string of the molecule is Cc1ccc(N2CC34C=CC(O3)C(C(=O)O)C4C2=O)cc1. The summed E-state index contributed by atoms with van der Waals surface area (Å²) in [5.41, 5.74) is 1.14. The highest BCUT2D eigenvalue weighted by Crippen LogP contribution is 2.52. The van der Waals surface area contributed by atoms with Crippen LogP contribution in [0.15, 0.2) is 36.4 Å². The Labute approximate surface area is 121 Å². The second-order valence-corrected chi connectivity index (χ2v) is 6.00. The molecule has 3 aliphatic rings. The third-order valence-corrected chi connectivity index (χ3v) is 4.73. The van der Waals surface area contributed by atoms with E-state index in [4.69, 9.17) is 4.74 Å². The van der Waals surface area contributed by atoms with E-state index in [1.54, 1.807) is 11.0 Å². The van der Waals surface area contributed by atoms with Gasteiger partial charge in [-0.2, -0.15) is 0 Å². The van der Waals surface area contributed by atoms with Gasteiger partial charge >= 0.3 is 5.97 Å². The van der Waals surface area contributed by atoms with Gasteiger partial charge in [-0.1, -0.05) is 29.8 Å². The Balaban J connectivity index is 1.73.